The topological polar surface area (TPSA) is 37.9 Å². The summed E-state index contributed by atoms with van der Waals surface area (Å²) in [7, 11) is 0. The van der Waals surface area contributed by atoms with Crippen molar-refractivity contribution in [2.75, 3.05) is 0 Å². The first-order valence-electron chi connectivity index (χ1n) is 8.47. The Hall–Kier alpha value is -3.47. The van der Waals surface area contributed by atoms with Crippen LogP contribution in [0.15, 0.2) is 84.9 Å². The molecule has 4 rings (SSSR count). The average Bonchev–Trinajstić information content (AvgIpc) is 3.15. The van der Waals surface area contributed by atoms with Gasteiger partial charge in [-0.2, -0.15) is 8.78 Å². The molecule has 134 valence electrons. The van der Waals surface area contributed by atoms with E-state index >= 15 is 0 Å². The molecule has 5 heteroatoms. The molecule has 27 heavy (non-hydrogen) atoms. The van der Waals surface area contributed by atoms with Crippen LogP contribution in [0.3, 0.4) is 0 Å². The van der Waals surface area contributed by atoms with Crippen molar-refractivity contribution in [1.82, 2.24) is 9.97 Å². The van der Waals surface area contributed by atoms with Crippen molar-refractivity contribution in [3.8, 4) is 39.7 Å². The van der Waals surface area contributed by atoms with Gasteiger partial charge in [0.05, 0.1) is 17.0 Å². The molecular weight excluding hydrogens is 346 g/mol. The third-order valence-corrected chi connectivity index (χ3v) is 4.17. The van der Waals surface area contributed by atoms with E-state index in [0.717, 1.165) is 22.5 Å². The molecule has 1 aromatic heterocycles. The van der Waals surface area contributed by atoms with Crippen LogP contribution in [-0.4, -0.2) is 16.6 Å². The van der Waals surface area contributed by atoms with Crippen LogP contribution in [0, 0.1) is 0 Å². The molecule has 1 heterocycles. The van der Waals surface area contributed by atoms with Crippen molar-refractivity contribution in [3.05, 3.63) is 84.9 Å². The van der Waals surface area contributed by atoms with Gasteiger partial charge in [0.2, 0.25) is 0 Å². The number of imidazole rings is 1. The molecule has 4 aromatic rings. The summed E-state index contributed by atoms with van der Waals surface area (Å²) in [5.41, 5.74) is 3.96. The Morgan fingerprint density at radius 1 is 0.741 bits per heavy atom. The van der Waals surface area contributed by atoms with Gasteiger partial charge in [0.15, 0.2) is 0 Å². The van der Waals surface area contributed by atoms with Crippen LogP contribution < -0.4 is 4.74 Å². The molecule has 0 bridgehead atoms. The average molecular weight is 362 g/mol. The van der Waals surface area contributed by atoms with Gasteiger partial charge in [-0.25, -0.2) is 4.98 Å². The number of hydrogen-bond donors (Lipinski definition) is 1. The lowest BCUT2D eigenvalue weighted by atomic mass is 10.1. The Balaban J connectivity index is 1.88. The van der Waals surface area contributed by atoms with Crippen LogP contribution in [0.5, 0.6) is 5.75 Å². The maximum absolute atomic E-state index is 12.8. The molecule has 0 aliphatic rings. The highest BCUT2D eigenvalue weighted by atomic mass is 19.3. The number of halogens is 2. The Labute approximate surface area is 155 Å². The zero-order valence-electron chi connectivity index (χ0n) is 14.3. The van der Waals surface area contributed by atoms with Gasteiger partial charge in [-0.3, -0.25) is 0 Å². The number of alkyl halides is 2. The van der Waals surface area contributed by atoms with Crippen LogP contribution in [0.2, 0.25) is 0 Å². The maximum atomic E-state index is 12.8. The molecule has 0 saturated heterocycles. The van der Waals surface area contributed by atoms with E-state index in [0.29, 0.717) is 11.4 Å². The van der Waals surface area contributed by atoms with Gasteiger partial charge in [-0.15, -0.1) is 0 Å². The summed E-state index contributed by atoms with van der Waals surface area (Å²) < 4.78 is 30.2. The fourth-order valence-corrected chi connectivity index (χ4v) is 2.98. The summed E-state index contributed by atoms with van der Waals surface area (Å²) in [6.07, 6.45) is 0. The van der Waals surface area contributed by atoms with E-state index in [1.54, 1.807) is 18.2 Å². The van der Waals surface area contributed by atoms with Gasteiger partial charge in [-0.1, -0.05) is 72.8 Å². The van der Waals surface area contributed by atoms with Crippen molar-refractivity contribution in [1.29, 1.82) is 0 Å². The van der Waals surface area contributed by atoms with E-state index in [2.05, 4.69) is 9.72 Å². The molecule has 3 nitrogen and oxygen atoms in total. The van der Waals surface area contributed by atoms with Crippen LogP contribution in [0.1, 0.15) is 0 Å². The second-order valence-corrected chi connectivity index (χ2v) is 5.92. The summed E-state index contributed by atoms with van der Waals surface area (Å²) in [5.74, 6) is 0.560. The molecular formula is C22H16F2N2O. The van der Waals surface area contributed by atoms with E-state index in [-0.39, 0.29) is 5.75 Å². The fourth-order valence-electron chi connectivity index (χ4n) is 2.98. The highest BCUT2D eigenvalue weighted by molar-refractivity contribution is 5.82. The van der Waals surface area contributed by atoms with Gasteiger partial charge >= 0.3 is 6.61 Å². The zero-order chi connectivity index (χ0) is 18.6. The largest absolute Gasteiger partial charge is 0.434 e. The first kappa shape index (κ1) is 17.0. The molecule has 0 aliphatic heterocycles. The number of benzene rings is 3. The molecule has 0 aliphatic carbocycles. The van der Waals surface area contributed by atoms with Crippen LogP contribution in [-0.2, 0) is 0 Å². The number of ether oxygens (including phenoxy) is 1. The normalized spacial score (nSPS) is 10.9. The smallest absolute Gasteiger partial charge is 0.387 e. The second-order valence-electron chi connectivity index (χ2n) is 5.92. The van der Waals surface area contributed by atoms with E-state index in [4.69, 9.17) is 4.98 Å². The molecule has 0 atom stereocenters. The number of hydrogen-bond acceptors (Lipinski definition) is 2. The lowest BCUT2D eigenvalue weighted by Crippen LogP contribution is -2.03. The summed E-state index contributed by atoms with van der Waals surface area (Å²) in [5, 5.41) is 0. The second kappa shape index (κ2) is 7.41. The van der Waals surface area contributed by atoms with Gasteiger partial charge in [0.25, 0.3) is 0 Å². The molecule has 0 radical (unpaired) electrons. The van der Waals surface area contributed by atoms with Gasteiger partial charge in [0.1, 0.15) is 11.6 Å². The summed E-state index contributed by atoms with van der Waals surface area (Å²) in [6.45, 7) is -2.90. The van der Waals surface area contributed by atoms with E-state index in [9.17, 15) is 8.78 Å². The number of para-hydroxylation sites is 1. The summed E-state index contributed by atoms with van der Waals surface area (Å²) in [6, 6.07) is 26.2. The Kier molecular flexibility index (Phi) is 4.66. The van der Waals surface area contributed by atoms with Crippen molar-refractivity contribution < 1.29 is 13.5 Å². The molecule has 0 spiro atoms. The van der Waals surface area contributed by atoms with Crippen LogP contribution in [0.25, 0.3) is 33.9 Å². The minimum atomic E-state index is -2.90. The Morgan fingerprint density at radius 2 is 1.33 bits per heavy atom. The Morgan fingerprint density at radius 3 is 2.00 bits per heavy atom. The van der Waals surface area contributed by atoms with Crippen molar-refractivity contribution in [3.63, 3.8) is 0 Å². The number of H-pyrrole nitrogens is 1. The third-order valence-electron chi connectivity index (χ3n) is 4.17. The zero-order valence-corrected chi connectivity index (χ0v) is 14.3. The lowest BCUT2D eigenvalue weighted by molar-refractivity contribution is -0.0494. The Bertz CT molecular complexity index is 974. The molecule has 0 fully saturated rings. The van der Waals surface area contributed by atoms with Crippen LogP contribution >= 0.6 is 0 Å². The van der Waals surface area contributed by atoms with E-state index < -0.39 is 6.61 Å². The highest BCUT2D eigenvalue weighted by Crippen LogP contribution is 2.36. The number of nitrogens with zero attached hydrogens (tertiary/aromatic N) is 1. The van der Waals surface area contributed by atoms with Crippen LogP contribution in [0.4, 0.5) is 8.78 Å². The van der Waals surface area contributed by atoms with Crippen molar-refractivity contribution >= 4 is 0 Å². The van der Waals surface area contributed by atoms with Gasteiger partial charge < -0.3 is 9.72 Å². The first-order valence-corrected chi connectivity index (χ1v) is 8.47. The standard InChI is InChI=1S/C22H16F2N2O/c23-22(24)27-18-14-8-7-13-17(18)21-25-19(15-9-3-1-4-10-15)20(26-21)16-11-5-2-6-12-16/h1-14,22H,(H,25,26). The molecule has 0 saturated carbocycles. The molecule has 0 amide bonds. The summed E-state index contributed by atoms with van der Waals surface area (Å²) >= 11 is 0. The third kappa shape index (κ3) is 3.58. The summed E-state index contributed by atoms with van der Waals surface area (Å²) in [4.78, 5) is 8.01. The van der Waals surface area contributed by atoms with Gasteiger partial charge in [-0.05, 0) is 12.1 Å². The first-order chi connectivity index (χ1) is 13.2. The minimum Gasteiger partial charge on any atom is -0.434 e. The highest BCUT2D eigenvalue weighted by Gasteiger charge is 2.18. The SMILES string of the molecule is FC(F)Oc1ccccc1-c1nc(-c2ccccc2)c(-c2ccccc2)[nH]1. The van der Waals surface area contributed by atoms with E-state index in [1.165, 1.54) is 6.07 Å². The number of aromatic amines is 1. The predicted octanol–water partition coefficient (Wildman–Crippen LogP) is 6.01. The number of rotatable bonds is 5. The predicted molar refractivity (Wildman–Crippen MR) is 102 cm³/mol. The van der Waals surface area contributed by atoms with Crippen molar-refractivity contribution in [2.45, 2.75) is 6.61 Å². The lowest BCUT2D eigenvalue weighted by Gasteiger charge is -2.08. The van der Waals surface area contributed by atoms with Crippen molar-refractivity contribution in [2.24, 2.45) is 0 Å². The maximum Gasteiger partial charge on any atom is 0.387 e. The number of nitrogens with one attached hydrogen (secondary N) is 1. The van der Waals surface area contributed by atoms with Gasteiger partial charge in [0, 0.05) is 11.1 Å². The minimum absolute atomic E-state index is 0.0838. The monoisotopic (exact) mass is 362 g/mol. The number of aromatic nitrogens is 2. The molecule has 0 unspecified atom stereocenters. The molecule has 1 N–H and O–H groups in total. The molecule has 3 aromatic carbocycles. The fraction of sp³-hybridized carbons (Fsp3) is 0.0455. The quantitative estimate of drug-likeness (QED) is 0.472. The van der Waals surface area contributed by atoms with E-state index in [1.807, 2.05) is 60.7 Å².